The van der Waals surface area contributed by atoms with Gasteiger partial charge in [-0.2, -0.15) is 0 Å². The normalized spacial score (nSPS) is 41.9. The van der Waals surface area contributed by atoms with Crippen LogP contribution < -0.4 is 0 Å². The standard InChI is InChI=1S/C13H24B/c1-10(2)12-6-5-7-13(14-12,9-8-12)11(3)4/h10-11H,5-9H2,1-4H3. The molecule has 0 spiro atoms. The van der Waals surface area contributed by atoms with Crippen LogP contribution in [-0.2, 0) is 0 Å². The zero-order valence-electron chi connectivity index (χ0n) is 10.3. The van der Waals surface area contributed by atoms with Crippen LogP contribution in [0.2, 0.25) is 10.6 Å². The van der Waals surface area contributed by atoms with Crippen LogP contribution in [0.4, 0.5) is 0 Å². The van der Waals surface area contributed by atoms with E-state index in [1.807, 2.05) is 0 Å². The molecule has 2 bridgehead atoms. The van der Waals surface area contributed by atoms with Crippen LogP contribution in [0, 0.1) is 11.8 Å². The Bertz CT molecular complexity index is 199. The van der Waals surface area contributed by atoms with E-state index in [9.17, 15) is 0 Å². The third-order valence-electron chi connectivity index (χ3n) is 5.21. The summed E-state index contributed by atoms with van der Waals surface area (Å²) in [5.41, 5.74) is 0. The van der Waals surface area contributed by atoms with Crippen molar-refractivity contribution in [3.8, 4) is 0 Å². The predicted molar refractivity (Wildman–Crippen MR) is 63.9 cm³/mol. The summed E-state index contributed by atoms with van der Waals surface area (Å²) < 4.78 is 0. The van der Waals surface area contributed by atoms with Crippen molar-refractivity contribution in [2.45, 2.75) is 70.4 Å². The minimum Gasteiger partial charge on any atom is -0.0629 e. The van der Waals surface area contributed by atoms with Crippen LogP contribution in [0.15, 0.2) is 0 Å². The molecule has 1 radical (unpaired) electrons. The van der Waals surface area contributed by atoms with Gasteiger partial charge in [-0.05, 0) is 11.8 Å². The number of hydrogen-bond donors (Lipinski definition) is 0. The molecule has 0 nitrogen and oxygen atoms in total. The van der Waals surface area contributed by atoms with Gasteiger partial charge in [0.1, 0.15) is 7.28 Å². The lowest BCUT2D eigenvalue weighted by Crippen LogP contribution is -2.34. The highest BCUT2D eigenvalue weighted by atomic mass is 14.5. The average Bonchev–Trinajstić information content (AvgIpc) is 2.41. The molecule has 0 saturated carbocycles. The molecule has 2 fully saturated rings. The Morgan fingerprint density at radius 1 is 0.786 bits per heavy atom. The number of fused-ring (bicyclic) bond motifs is 2. The predicted octanol–water partition coefficient (Wildman–Crippen LogP) is 4.30. The van der Waals surface area contributed by atoms with Crippen molar-refractivity contribution in [1.82, 2.24) is 0 Å². The quantitative estimate of drug-likeness (QED) is 0.571. The van der Waals surface area contributed by atoms with Crippen molar-refractivity contribution in [3.05, 3.63) is 0 Å². The summed E-state index contributed by atoms with van der Waals surface area (Å²) in [4.78, 5) is 0. The molecule has 2 unspecified atom stereocenters. The summed E-state index contributed by atoms with van der Waals surface area (Å²) in [5, 5.41) is 1.23. The first kappa shape index (κ1) is 10.6. The molecule has 0 aromatic rings. The third-order valence-corrected chi connectivity index (χ3v) is 5.21. The van der Waals surface area contributed by atoms with E-state index in [-0.39, 0.29) is 0 Å². The summed E-state index contributed by atoms with van der Waals surface area (Å²) >= 11 is 0. The fraction of sp³-hybridized carbons (Fsp3) is 1.00. The van der Waals surface area contributed by atoms with Crippen LogP contribution in [0.5, 0.6) is 0 Å². The van der Waals surface area contributed by atoms with Gasteiger partial charge in [0.25, 0.3) is 0 Å². The van der Waals surface area contributed by atoms with Gasteiger partial charge in [-0.3, -0.25) is 0 Å². The molecule has 2 aliphatic heterocycles. The van der Waals surface area contributed by atoms with Crippen LogP contribution in [0.25, 0.3) is 0 Å². The number of rotatable bonds is 2. The molecule has 2 rings (SSSR count). The highest BCUT2D eigenvalue weighted by Crippen LogP contribution is 2.66. The van der Waals surface area contributed by atoms with Gasteiger partial charge in [-0.15, -0.1) is 0 Å². The molecule has 14 heavy (non-hydrogen) atoms. The Hall–Kier alpha value is 0.0649. The van der Waals surface area contributed by atoms with Gasteiger partial charge in [-0.1, -0.05) is 70.4 Å². The topological polar surface area (TPSA) is 0 Å². The minimum atomic E-state index is 0.614. The SMILES string of the molecule is CC(C)C12[B]C(C(C)C)(CCC1)CC2. The summed E-state index contributed by atoms with van der Waals surface area (Å²) in [6, 6.07) is 0. The second-order valence-corrected chi connectivity index (χ2v) is 6.27. The van der Waals surface area contributed by atoms with E-state index in [1.165, 1.54) is 32.1 Å². The molecule has 2 aliphatic rings. The van der Waals surface area contributed by atoms with Gasteiger partial charge >= 0.3 is 0 Å². The maximum atomic E-state index is 2.78. The molecular formula is C13H24B. The van der Waals surface area contributed by atoms with E-state index in [0.717, 1.165) is 11.8 Å². The van der Waals surface area contributed by atoms with E-state index in [0.29, 0.717) is 10.6 Å². The van der Waals surface area contributed by atoms with Crippen molar-refractivity contribution in [3.63, 3.8) is 0 Å². The van der Waals surface area contributed by atoms with Crippen LogP contribution in [0.1, 0.15) is 59.8 Å². The fourth-order valence-corrected chi connectivity index (χ4v) is 3.81. The van der Waals surface area contributed by atoms with Crippen molar-refractivity contribution >= 4 is 7.28 Å². The van der Waals surface area contributed by atoms with Gasteiger partial charge in [-0.25, -0.2) is 0 Å². The Balaban J connectivity index is 2.22. The summed E-state index contributed by atoms with van der Waals surface area (Å²) in [7, 11) is 2.78. The van der Waals surface area contributed by atoms with Crippen LogP contribution in [-0.4, -0.2) is 7.28 Å². The largest absolute Gasteiger partial charge is 0.127 e. The molecular weight excluding hydrogens is 167 g/mol. The molecule has 0 aromatic carbocycles. The molecule has 79 valence electrons. The van der Waals surface area contributed by atoms with E-state index >= 15 is 0 Å². The Labute approximate surface area is 90.1 Å². The van der Waals surface area contributed by atoms with Crippen molar-refractivity contribution in [2.75, 3.05) is 0 Å². The zero-order chi connectivity index (χ0) is 10.4. The lowest BCUT2D eigenvalue weighted by Gasteiger charge is -2.43. The van der Waals surface area contributed by atoms with Gasteiger partial charge in [0, 0.05) is 0 Å². The lowest BCUT2D eigenvalue weighted by atomic mass is 9.34. The van der Waals surface area contributed by atoms with E-state index in [4.69, 9.17) is 0 Å². The van der Waals surface area contributed by atoms with Gasteiger partial charge in [0.2, 0.25) is 0 Å². The monoisotopic (exact) mass is 191 g/mol. The smallest absolute Gasteiger partial charge is 0.0629 e. The highest BCUT2D eigenvalue weighted by molar-refractivity contribution is 6.46. The summed E-state index contributed by atoms with van der Waals surface area (Å²) in [5.74, 6) is 1.70. The van der Waals surface area contributed by atoms with Crippen LogP contribution in [0.3, 0.4) is 0 Å². The van der Waals surface area contributed by atoms with Crippen molar-refractivity contribution in [2.24, 2.45) is 11.8 Å². The van der Waals surface area contributed by atoms with Gasteiger partial charge in [0.05, 0.1) is 0 Å². The first-order valence-electron chi connectivity index (χ1n) is 6.38. The molecule has 2 heterocycles. The van der Waals surface area contributed by atoms with E-state index < -0.39 is 0 Å². The summed E-state index contributed by atoms with van der Waals surface area (Å²) in [6.07, 6.45) is 7.30. The number of hydrogen-bond acceptors (Lipinski definition) is 0. The zero-order valence-corrected chi connectivity index (χ0v) is 10.3. The molecule has 0 N–H and O–H groups in total. The molecule has 2 atom stereocenters. The molecule has 2 saturated heterocycles. The molecule has 1 heteroatoms. The Morgan fingerprint density at radius 3 is 1.57 bits per heavy atom. The van der Waals surface area contributed by atoms with Crippen LogP contribution >= 0.6 is 0 Å². The second kappa shape index (κ2) is 3.28. The van der Waals surface area contributed by atoms with E-state index in [2.05, 4.69) is 35.0 Å². The van der Waals surface area contributed by atoms with Gasteiger partial charge in [0.15, 0.2) is 0 Å². The first-order chi connectivity index (χ1) is 6.51. The Morgan fingerprint density at radius 2 is 1.21 bits per heavy atom. The molecule has 0 aliphatic carbocycles. The van der Waals surface area contributed by atoms with Crippen molar-refractivity contribution < 1.29 is 0 Å². The average molecular weight is 191 g/mol. The molecule has 0 amide bonds. The second-order valence-electron chi connectivity index (χ2n) is 6.27. The lowest BCUT2D eigenvalue weighted by molar-refractivity contribution is 0.343. The molecule has 0 aromatic heterocycles. The van der Waals surface area contributed by atoms with Gasteiger partial charge < -0.3 is 0 Å². The Kier molecular flexibility index (Phi) is 2.48. The first-order valence-corrected chi connectivity index (χ1v) is 6.38. The fourth-order valence-electron chi connectivity index (χ4n) is 3.81. The van der Waals surface area contributed by atoms with Crippen molar-refractivity contribution in [1.29, 1.82) is 0 Å². The highest BCUT2D eigenvalue weighted by Gasteiger charge is 2.53. The van der Waals surface area contributed by atoms with E-state index in [1.54, 1.807) is 0 Å². The minimum absolute atomic E-state index is 0.614. The summed E-state index contributed by atoms with van der Waals surface area (Å²) in [6.45, 7) is 9.66. The maximum Gasteiger partial charge on any atom is 0.127 e. The maximum absolute atomic E-state index is 2.78. The third kappa shape index (κ3) is 1.35.